The van der Waals surface area contributed by atoms with Crippen LogP contribution in [0.5, 0.6) is 23.0 Å². The molecule has 2 fully saturated rings. The van der Waals surface area contributed by atoms with Crippen molar-refractivity contribution in [2.24, 2.45) is 11.8 Å². The summed E-state index contributed by atoms with van der Waals surface area (Å²) < 4.78 is 25.1. The third kappa shape index (κ3) is 4.53. The third-order valence-electron chi connectivity index (χ3n) is 7.30. The number of nitrogens with zero attached hydrogens (tertiary/aromatic N) is 1. The topological polar surface area (TPSA) is 62.2 Å². The molecule has 3 aromatic carbocycles. The lowest BCUT2D eigenvalue weighted by Gasteiger charge is -2.37. The molecule has 1 saturated heterocycles. The van der Waals surface area contributed by atoms with Gasteiger partial charge in [0.25, 0.3) is 0 Å². The van der Waals surface area contributed by atoms with Gasteiger partial charge in [-0.3, -0.25) is 9.29 Å². The lowest BCUT2D eigenvalue weighted by Crippen LogP contribution is -2.49. The molecule has 1 atom stereocenters. The second kappa shape index (κ2) is 9.51. The molecule has 2 N–H and O–H groups in total. The van der Waals surface area contributed by atoms with Gasteiger partial charge >= 0.3 is 0 Å². The normalized spacial score (nSPS) is 20.0. The number of hydrogen-bond acceptors (Lipinski definition) is 5. The number of allylic oxidation sites excluding steroid dienone is 1. The van der Waals surface area contributed by atoms with E-state index in [1.807, 2.05) is 42.5 Å². The van der Waals surface area contributed by atoms with Gasteiger partial charge in [-0.25, -0.2) is 0 Å². The molecule has 5 nitrogen and oxygen atoms in total. The highest BCUT2D eigenvalue weighted by Crippen LogP contribution is 2.55. The molecule has 1 unspecified atom stereocenters. The summed E-state index contributed by atoms with van der Waals surface area (Å²) in [5.41, 5.74) is 5.04. The van der Waals surface area contributed by atoms with E-state index in [2.05, 4.69) is 4.90 Å². The minimum Gasteiger partial charge on any atom is -0.508 e. The molecule has 0 bridgehead atoms. The third-order valence-corrected chi connectivity index (χ3v) is 7.30. The van der Waals surface area contributed by atoms with Crippen LogP contribution in [0.3, 0.4) is 0 Å². The first-order valence-electron chi connectivity index (χ1n) is 12.6. The Hall–Kier alpha value is -3.51. The van der Waals surface area contributed by atoms with Crippen molar-refractivity contribution in [3.8, 4) is 23.0 Å². The molecule has 3 aliphatic rings. The Kier molecular flexibility index (Phi) is 6.05. The number of halogens is 1. The first-order valence-corrected chi connectivity index (χ1v) is 12.6. The summed E-state index contributed by atoms with van der Waals surface area (Å²) in [5.74, 6) is 2.54. The number of aromatic hydroxyl groups is 2. The summed E-state index contributed by atoms with van der Waals surface area (Å²) in [6, 6.07) is 20.6. The lowest BCUT2D eigenvalue weighted by atomic mass is 9.83. The zero-order valence-electron chi connectivity index (χ0n) is 20.1. The monoisotopic (exact) mass is 487 g/mol. The number of rotatable bonds is 8. The van der Waals surface area contributed by atoms with E-state index in [1.54, 1.807) is 24.3 Å². The van der Waals surface area contributed by atoms with Gasteiger partial charge in [0.1, 0.15) is 35.7 Å². The number of phenols is 2. The molecule has 6 heteroatoms. The maximum atomic E-state index is 12.6. The number of ether oxygens (including phenoxy) is 2. The maximum absolute atomic E-state index is 12.6. The van der Waals surface area contributed by atoms with Crippen molar-refractivity contribution in [1.82, 2.24) is 4.90 Å². The van der Waals surface area contributed by atoms with Gasteiger partial charge in [0, 0.05) is 36.7 Å². The molecule has 2 heterocycles. The number of hydrogen-bond donors (Lipinski definition) is 2. The van der Waals surface area contributed by atoms with Gasteiger partial charge in [-0.05, 0) is 77.9 Å². The second-order valence-corrected chi connectivity index (χ2v) is 10.0. The van der Waals surface area contributed by atoms with Crippen LogP contribution in [0.15, 0.2) is 66.7 Å². The van der Waals surface area contributed by atoms with Gasteiger partial charge in [-0.2, -0.15) is 0 Å². The van der Waals surface area contributed by atoms with Crippen LogP contribution in [0, 0.1) is 11.8 Å². The molecular formula is C30H30FNO4. The quantitative estimate of drug-likeness (QED) is 0.419. The molecule has 0 aromatic heterocycles. The molecule has 1 aliphatic carbocycles. The summed E-state index contributed by atoms with van der Waals surface area (Å²) in [7, 11) is 0. The van der Waals surface area contributed by atoms with Crippen molar-refractivity contribution >= 4 is 11.1 Å². The lowest BCUT2D eigenvalue weighted by molar-refractivity contribution is 0.0668. The summed E-state index contributed by atoms with van der Waals surface area (Å²) in [6.07, 6.45) is 1.83. The van der Waals surface area contributed by atoms with E-state index in [1.165, 1.54) is 5.57 Å². The van der Waals surface area contributed by atoms with E-state index < -0.39 is 0 Å². The van der Waals surface area contributed by atoms with Gasteiger partial charge in [0.15, 0.2) is 0 Å². The van der Waals surface area contributed by atoms with Crippen molar-refractivity contribution in [1.29, 1.82) is 0 Å². The first-order chi connectivity index (χ1) is 17.6. The van der Waals surface area contributed by atoms with E-state index in [4.69, 9.17) is 9.47 Å². The van der Waals surface area contributed by atoms with Crippen LogP contribution in [0.25, 0.3) is 11.1 Å². The van der Waals surface area contributed by atoms with Gasteiger partial charge < -0.3 is 19.7 Å². The zero-order chi connectivity index (χ0) is 24.6. The number of benzene rings is 3. The Bertz CT molecular complexity index is 1280. The molecule has 0 spiro atoms. The van der Waals surface area contributed by atoms with Crippen molar-refractivity contribution in [2.75, 3.05) is 32.9 Å². The fourth-order valence-corrected chi connectivity index (χ4v) is 5.32. The maximum Gasteiger partial charge on any atom is 0.150 e. The molecule has 1 saturated carbocycles. The van der Waals surface area contributed by atoms with Crippen molar-refractivity contribution in [2.45, 2.75) is 18.9 Å². The molecule has 6 rings (SSSR count). The van der Waals surface area contributed by atoms with E-state index >= 15 is 0 Å². The molecular weight excluding hydrogens is 457 g/mol. The summed E-state index contributed by atoms with van der Waals surface area (Å²) in [5, 5.41) is 20.5. The van der Waals surface area contributed by atoms with Crippen LogP contribution in [0.1, 0.15) is 35.6 Å². The van der Waals surface area contributed by atoms with E-state index in [-0.39, 0.29) is 30.2 Å². The molecule has 2 aliphatic heterocycles. The van der Waals surface area contributed by atoms with Gasteiger partial charge in [-0.1, -0.05) is 24.3 Å². The molecule has 0 radical (unpaired) electrons. The smallest absolute Gasteiger partial charge is 0.150 e. The average Bonchev–Trinajstić information content (AvgIpc) is 3.70. The van der Waals surface area contributed by atoms with Crippen LogP contribution >= 0.6 is 0 Å². The number of alkyl halides is 1. The molecule has 36 heavy (non-hydrogen) atoms. The molecule has 0 amide bonds. The van der Waals surface area contributed by atoms with E-state index in [0.717, 1.165) is 66.2 Å². The minimum atomic E-state index is -0.354. The van der Waals surface area contributed by atoms with Crippen molar-refractivity contribution in [3.05, 3.63) is 83.4 Å². The Morgan fingerprint density at radius 1 is 0.917 bits per heavy atom. The SMILES string of the molecule is Oc1cccc(C2=C(C3CC3)c3cc(O)ccc3OC2c2ccc(OCCN3CC(CF)C3)cc2)c1. The Morgan fingerprint density at radius 3 is 2.42 bits per heavy atom. The average molecular weight is 488 g/mol. The Morgan fingerprint density at radius 2 is 1.69 bits per heavy atom. The highest BCUT2D eigenvalue weighted by Gasteiger charge is 2.38. The molecule has 186 valence electrons. The summed E-state index contributed by atoms with van der Waals surface area (Å²) in [6.45, 7) is 2.74. The zero-order valence-corrected chi connectivity index (χ0v) is 20.1. The van der Waals surface area contributed by atoms with Crippen LogP contribution in [0.2, 0.25) is 0 Å². The van der Waals surface area contributed by atoms with Crippen LogP contribution in [-0.2, 0) is 0 Å². The fraction of sp³-hybridized carbons (Fsp3) is 0.333. The molecule has 3 aromatic rings. The Balaban J connectivity index is 1.29. The largest absolute Gasteiger partial charge is 0.508 e. The standard InChI is InChI=1S/C30H30FNO4/c31-16-19-17-32(18-19)12-13-35-25-9-6-21(7-10-25)30-29(22-2-1-3-23(33)14-22)28(20-4-5-20)26-15-24(34)8-11-27(26)36-30/h1-3,6-11,14-15,19-20,30,33-34H,4-5,12-13,16-18H2. The number of likely N-dealkylation sites (tertiary alicyclic amines) is 1. The number of phenolic OH excluding ortho intramolecular Hbond substituents is 2. The first kappa shape index (κ1) is 22.9. The van der Waals surface area contributed by atoms with Crippen LogP contribution < -0.4 is 9.47 Å². The van der Waals surface area contributed by atoms with Crippen LogP contribution in [0.4, 0.5) is 4.39 Å². The van der Waals surface area contributed by atoms with E-state index in [9.17, 15) is 14.6 Å². The highest BCUT2D eigenvalue weighted by atomic mass is 19.1. The van der Waals surface area contributed by atoms with E-state index in [0.29, 0.717) is 12.5 Å². The van der Waals surface area contributed by atoms with Crippen molar-refractivity contribution in [3.63, 3.8) is 0 Å². The summed E-state index contributed by atoms with van der Waals surface area (Å²) in [4.78, 5) is 2.20. The van der Waals surface area contributed by atoms with Crippen LogP contribution in [-0.4, -0.2) is 48.0 Å². The predicted octanol–water partition coefficient (Wildman–Crippen LogP) is 5.83. The van der Waals surface area contributed by atoms with Crippen molar-refractivity contribution < 1.29 is 24.1 Å². The second-order valence-electron chi connectivity index (χ2n) is 10.0. The minimum absolute atomic E-state index is 0.184. The number of fused-ring (bicyclic) bond motifs is 1. The van der Waals surface area contributed by atoms with Gasteiger partial charge in [0.2, 0.25) is 0 Å². The summed E-state index contributed by atoms with van der Waals surface area (Å²) >= 11 is 0. The Labute approximate surface area is 210 Å². The fourth-order valence-electron chi connectivity index (χ4n) is 5.32. The predicted molar refractivity (Wildman–Crippen MR) is 137 cm³/mol. The van der Waals surface area contributed by atoms with Gasteiger partial charge in [-0.15, -0.1) is 0 Å². The highest BCUT2D eigenvalue weighted by molar-refractivity contribution is 5.98. The van der Waals surface area contributed by atoms with Gasteiger partial charge in [0.05, 0.1) is 6.67 Å².